The van der Waals surface area contributed by atoms with Gasteiger partial charge in [-0.3, -0.25) is 4.90 Å². The van der Waals surface area contributed by atoms with E-state index in [2.05, 4.69) is 14.9 Å². The number of H-pyrrole nitrogens is 1. The minimum atomic E-state index is -0.183. The van der Waals surface area contributed by atoms with Crippen molar-refractivity contribution in [3.63, 3.8) is 0 Å². The van der Waals surface area contributed by atoms with Crippen LogP contribution in [0.15, 0.2) is 12.5 Å². The lowest BCUT2D eigenvalue weighted by Crippen LogP contribution is -2.53. The molecule has 0 amide bonds. The van der Waals surface area contributed by atoms with E-state index in [0.717, 1.165) is 5.69 Å². The number of likely N-dealkylation sites (tertiary alicyclic amines) is 1. The third-order valence-electron chi connectivity index (χ3n) is 2.43. The fraction of sp³-hybridized carbons (Fsp3) is 0.625. The van der Waals surface area contributed by atoms with Crippen molar-refractivity contribution < 1.29 is 5.11 Å². The van der Waals surface area contributed by atoms with Gasteiger partial charge in [0.25, 0.3) is 0 Å². The van der Waals surface area contributed by atoms with Gasteiger partial charge in [0.05, 0.1) is 24.2 Å². The molecule has 0 aliphatic carbocycles. The van der Waals surface area contributed by atoms with Crippen molar-refractivity contribution in [2.24, 2.45) is 5.73 Å². The van der Waals surface area contributed by atoms with E-state index in [-0.39, 0.29) is 12.1 Å². The first-order valence-electron chi connectivity index (χ1n) is 4.41. The molecule has 2 heterocycles. The van der Waals surface area contributed by atoms with Gasteiger partial charge < -0.3 is 15.8 Å². The van der Waals surface area contributed by atoms with Gasteiger partial charge in [0, 0.05) is 25.8 Å². The second kappa shape index (κ2) is 3.45. The number of aliphatic hydroxyl groups is 1. The van der Waals surface area contributed by atoms with Crippen molar-refractivity contribution >= 4 is 0 Å². The van der Waals surface area contributed by atoms with Crippen LogP contribution in [0, 0.1) is 0 Å². The number of rotatable bonds is 3. The second-order valence-corrected chi connectivity index (χ2v) is 3.37. The van der Waals surface area contributed by atoms with Gasteiger partial charge in [-0.1, -0.05) is 0 Å². The quantitative estimate of drug-likeness (QED) is 0.565. The van der Waals surface area contributed by atoms with Crippen molar-refractivity contribution in [1.82, 2.24) is 14.9 Å². The molecule has 1 aliphatic heterocycles. The maximum absolute atomic E-state index is 9.15. The van der Waals surface area contributed by atoms with Gasteiger partial charge in [0.2, 0.25) is 0 Å². The molecule has 1 aliphatic rings. The fourth-order valence-corrected chi connectivity index (χ4v) is 1.66. The number of aromatic nitrogens is 2. The predicted octanol–water partition coefficient (Wildman–Crippen LogP) is -0.914. The first-order chi connectivity index (χ1) is 6.31. The van der Waals surface area contributed by atoms with Gasteiger partial charge in [-0.2, -0.15) is 0 Å². The van der Waals surface area contributed by atoms with Crippen molar-refractivity contribution in [2.45, 2.75) is 12.1 Å². The average molecular weight is 182 g/mol. The van der Waals surface area contributed by atoms with Crippen molar-refractivity contribution in [2.75, 3.05) is 19.6 Å². The summed E-state index contributed by atoms with van der Waals surface area (Å²) in [5, 5.41) is 9.15. The van der Waals surface area contributed by atoms with E-state index < -0.39 is 0 Å². The number of nitrogens with one attached hydrogen (secondary N) is 1. The molecule has 1 saturated heterocycles. The van der Waals surface area contributed by atoms with Crippen molar-refractivity contribution in [1.29, 1.82) is 0 Å². The third kappa shape index (κ3) is 1.58. The van der Waals surface area contributed by atoms with Gasteiger partial charge in [-0.05, 0) is 0 Å². The molecule has 4 N–H and O–H groups in total. The number of hydrogen-bond donors (Lipinski definition) is 3. The lowest BCUT2D eigenvalue weighted by Gasteiger charge is -2.40. The van der Waals surface area contributed by atoms with E-state index in [1.807, 2.05) is 0 Å². The van der Waals surface area contributed by atoms with Crippen LogP contribution in [-0.4, -0.2) is 45.7 Å². The molecule has 0 bridgehead atoms. The van der Waals surface area contributed by atoms with Crippen LogP contribution >= 0.6 is 0 Å². The summed E-state index contributed by atoms with van der Waals surface area (Å²) in [6.07, 6.45) is 3.24. The van der Waals surface area contributed by atoms with Crippen LogP contribution in [0.5, 0.6) is 0 Å². The summed E-state index contributed by atoms with van der Waals surface area (Å²) in [5.41, 5.74) is 6.67. The van der Waals surface area contributed by atoms with E-state index in [1.165, 1.54) is 0 Å². The molecule has 1 unspecified atom stereocenters. The largest absolute Gasteiger partial charge is 0.390 e. The number of β-amino-alcohol motifs (C(OH)–C–C–N with tert-alkyl or cyclic N) is 1. The molecule has 0 saturated carbocycles. The fourth-order valence-electron chi connectivity index (χ4n) is 1.66. The first kappa shape index (κ1) is 8.68. The second-order valence-electron chi connectivity index (χ2n) is 3.37. The summed E-state index contributed by atoms with van der Waals surface area (Å²) in [5.74, 6) is 0. The van der Waals surface area contributed by atoms with Crippen molar-refractivity contribution in [3.05, 3.63) is 18.2 Å². The van der Waals surface area contributed by atoms with Crippen LogP contribution in [0.2, 0.25) is 0 Å². The monoisotopic (exact) mass is 182 g/mol. The summed E-state index contributed by atoms with van der Waals surface area (Å²) >= 11 is 0. The number of aromatic amines is 1. The van der Waals surface area contributed by atoms with Crippen LogP contribution in [0.1, 0.15) is 11.7 Å². The van der Waals surface area contributed by atoms with Gasteiger partial charge >= 0.3 is 0 Å². The van der Waals surface area contributed by atoms with Crippen LogP contribution in [0.3, 0.4) is 0 Å². The highest BCUT2D eigenvalue weighted by molar-refractivity contribution is 5.05. The Morgan fingerprint density at radius 3 is 3.00 bits per heavy atom. The summed E-state index contributed by atoms with van der Waals surface area (Å²) in [6, 6.07) is 0.172. The summed E-state index contributed by atoms with van der Waals surface area (Å²) in [6.45, 7) is 1.97. The molecular formula is C8H14N4O. The van der Waals surface area contributed by atoms with E-state index in [9.17, 15) is 0 Å². The minimum absolute atomic E-state index is 0.172. The summed E-state index contributed by atoms with van der Waals surface area (Å²) < 4.78 is 0. The Morgan fingerprint density at radius 2 is 2.54 bits per heavy atom. The summed E-state index contributed by atoms with van der Waals surface area (Å²) in [4.78, 5) is 9.13. The topological polar surface area (TPSA) is 78.2 Å². The van der Waals surface area contributed by atoms with Gasteiger partial charge in [0.1, 0.15) is 0 Å². The zero-order valence-electron chi connectivity index (χ0n) is 7.35. The number of imidazole rings is 1. The molecular weight excluding hydrogens is 168 g/mol. The molecule has 2 rings (SSSR count). The lowest BCUT2D eigenvalue weighted by atomic mass is 10.1. The average Bonchev–Trinajstić information content (AvgIpc) is 2.55. The number of hydrogen-bond acceptors (Lipinski definition) is 4. The lowest BCUT2D eigenvalue weighted by molar-refractivity contribution is -0.0242. The van der Waals surface area contributed by atoms with Crippen molar-refractivity contribution in [3.8, 4) is 0 Å². The van der Waals surface area contributed by atoms with Gasteiger partial charge in [-0.15, -0.1) is 0 Å². The number of nitrogens with zero attached hydrogens (tertiary/aromatic N) is 2. The molecule has 13 heavy (non-hydrogen) atoms. The standard InChI is InChI=1S/C8H14N4O/c9-1-8(7-2-10-5-11-7)12-3-6(13)4-12/h2,5-6,8,13H,1,3-4,9H2,(H,10,11). The molecule has 72 valence electrons. The van der Waals surface area contributed by atoms with E-state index in [1.54, 1.807) is 12.5 Å². The molecule has 0 spiro atoms. The van der Waals surface area contributed by atoms with E-state index in [0.29, 0.717) is 19.6 Å². The van der Waals surface area contributed by atoms with Crippen LogP contribution in [-0.2, 0) is 0 Å². The third-order valence-corrected chi connectivity index (χ3v) is 2.43. The molecule has 1 aromatic heterocycles. The highest BCUT2D eigenvalue weighted by Gasteiger charge is 2.31. The SMILES string of the molecule is NCC(c1cnc[nH]1)N1CC(O)C1. The molecule has 5 nitrogen and oxygen atoms in total. The Labute approximate surface area is 76.6 Å². The normalized spacial score (nSPS) is 21.4. The molecule has 0 radical (unpaired) electrons. The van der Waals surface area contributed by atoms with Gasteiger partial charge in [0.15, 0.2) is 0 Å². The van der Waals surface area contributed by atoms with Crippen LogP contribution in [0.4, 0.5) is 0 Å². The Hall–Kier alpha value is -0.910. The molecule has 0 aromatic carbocycles. The Bertz CT molecular complexity index is 255. The van der Waals surface area contributed by atoms with Gasteiger partial charge in [-0.25, -0.2) is 4.98 Å². The molecule has 5 heteroatoms. The zero-order chi connectivity index (χ0) is 9.26. The smallest absolute Gasteiger partial charge is 0.0922 e. The molecule has 1 atom stereocenters. The predicted molar refractivity (Wildman–Crippen MR) is 48.0 cm³/mol. The first-order valence-corrected chi connectivity index (χ1v) is 4.41. The summed E-state index contributed by atoms with van der Waals surface area (Å²) in [7, 11) is 0. The Balaban J connectivity index is 2.02. The van der Waals surface area contributed by atoms with Crippen LogP contribution in [0.25, 0.3) is 0 Å². The van der Waals surface area contributed by atoms with E-state index >= 15 is 0 Å². The maximum atomic E-state index is 9.15. The Morgan fingerprint density at radius 1 is 1.77 bits per heavy atom. The van der Waals surface area contributed by atoms with Crippen LogP contribution < -0.4 is 5.73 Å². The molecule has 1 fully saturated rings. The Kier molecular flexibility index (Phi) is 2.30. The minimum Gasteiger partial charge on any atom is -0.390 e. The number of aliphatic hydroxyl groups excluding tert-OH is 1. The molecule has 1 aromatic rings. The number of nitrogens with two attached hydrogens (primary N) is 1. The maximum Gasteiger partial charge on any atom is 0.0922 e. The highest BCUT2D eigenvalue weighted by Crippen LogP contribution is 2.22. The zero-order valence-corrected chi connectivity index (χ0v) is 7.35. The highest BCUT2D eigenvalue weighted by atomic mass is 16.3. The van der Waals surface area contributed by atoms with E-state index in [4.69, 9.17) is 10.8 Å².